The molecule has 1 amide bonds. The lowest BCUT2D eigenvalue weighted by Gasteiger charge is -2.32. The van der Waals surface area contributed by atoms with Crippen LogP contribution >= 0.6 is 0 Å². The molecule has 1 aromatic carbocycles. The number of carbonyl (C=O) groups excluding carboxylic acids is 1. The van der Waals surface area contributed by atoms with E-state index in [0.29, 0.717) is 18.2 Å². The first-order chi connectivity index (χ1) is 11.1. The molecule has 1 atom stereocenters. The molecule has 0 N–H and O–H groups in total. The Balaban J connectivity index is 1.77. The highest BCUT2D eigenvalue weighted by atomic mass is 16.2. The summed E-state index contributed by atoms with van der Waals surface area (Å²) in [5, 5.41) is 4.33. The van der Waals surface area contributed by atoms with Crippen LogP contribution in [0.1, 0.15) is 41.1 Å². The summed E-state index contributed by atoms with van der Waals surface area (Å²) in [4.78, 5) is 23.1. The average molecular weight is 307 g/mol. The number of anilines is 1. The first-order valence-corrected chi connectivity index (χ1v) is 7.74. The van der Waals surface area contributed by atoms with Crippen molar-refractivity contribution in [2.24, 2.45) is 0 Å². The minimum atomic E-state index is -0.172. The van der Waals surface area contributed by atoms with Crippen LogP contribution in [0, 0.1) is 6.92 Å². The Morgan fingerprint density at radius 2 is 2.09 bits per heavy atom. The van der Waals surface area contributed by atoms with E-state index in [1.165, 1.54) is 5.56 Å². The number of amides is 1. The normalized spacial score (nSPS) is 17.3. The smallest absolute Gasteiger partial charge is 0.298 e. The number of aromatic nitrogens is 4. The lowest BCUT2D eigenvalue weighted by atomic mass is 9.91. The Labute approximate surface area is 133 Å². The summed E-state index contributed by atoms with van der Waals surface area (Å²) in [6.45, 7) is 4.78. The summed E-state index contributed by atoms with van der Waals surface area (Å²) in [6.07, 6.45) is 2.61. The van der Waals surface area contributed by atoms with E-state index in [9.17, 15) is 4.79 Å². The number of fused-ring (bicyclic) bond motifs is 2. The van der Waals surface area contributed by atoms with Gasteiger partial charge in [0.2, 0.25) is 5.82 Å². The molecule has 3 heterocycles. The van der Waals surface area contributed by atoms with Gasteiger partial charge >= 0.3 is 0 Å². The minimum absolute atomic E-state index is 0.172. The van der Waals surface area contributed by atoms with Crippen molar-refractivity contribution in [2.75, 3.05) is 11.4 Å². The lowest BCUT2D eigenvalue weighted by molar-refractivity contribution is 0.0974. The van der Waals surface area contributed by atoms with Gasteiger partial charge in [-0.25, -0.2) is 9.50 Å². The van der Waals surface area contributed by atoms with Gasteiger partial charge in [0.15, 0.2) is 0 Å². The molecule has 6 nitrogen and oxygen atoms in total. The van der Waals surface area contributed by atoms with Crippen LogP contribution in [-0.2, 0) is 0 Å². The second-order valence-electron chi connectivity index (χ2n) is 5.94. The summed E-state index contributed by atoms with van der Waals surface area (Å²) in [7, 11) is 0. The topological polar surface area (TPSA) is 63.4 Å². The first-order valence-electron chi connectivity index (χ1n) is 7.74. The number of hydrogen-bond donors (Lipinski definition) is 0. The fraction of sp³-hybridized carbons (Fsp3) is 0.294. The zero-order valence-electron chi connectivity index (χ0n) is 13.1. The fourth-order valence-corrected chi connectivity index (χ4v) is 3.08. The Morgan fingerprint density at radius 1 is 1.26 bits per heavy atom. The summed E-state index contributed by atoms with van der Waals surface area (Å²) in [6, 6.07) is 9.89. The van der Waals surface area contributed by atoms with Gasteiger partial charge in [0.1, 0.15) is 0 Å². The maximum atomic E-state index is 12.9. The summed E-state index contributed by atoms with van der Waals surface area (Å²) < 4.78 is 1.60. The van der Waals surface area contributed by atoms with Gasteiger partial charge in [-0.2, -0.15) is 4.98 Å². The molecule has 2 aromatic heterocycles. The third-order valence-electron chi connectivity index (χ3n) is 4.41. The Bertz CT molecular complexity index is 901. The molecule has 0 bridgehead atoms. The van der Waals surface area contributed by atoms with E-state index in [1.807, 2.05) is 31.2 Å². The highest BCUT2D eigenvalue weighted by molar-refractivity contribution is 6.04. The molecule has 1 aliphatic heterocycles. The molecule has 0 fully saturated rings. The summed E-state index contributed by atoms with van der Waals surface area (Å²) in [5.41, 5.74) is 3.05. The maximum absolute atomic E-state index is 12.9. The molecular formula is C17H17N5O. The van der Waals surface area contributed by atoms with Gasteiger partial charge in [-0.05, 0) is 37.0 Å². The molecule has 116 valence electrons. The number of rotatable bonds is 1. The molecule has 0 radical (unpaired) electrons. The van der Waals surface area contributed by atoms with Gasteiger partial charge in [-0.15, -0.1) is 5.10 Å². The quantitative estimate of drug-likeness (QED) is 0.693. The van der Waals surface area contributed by atoms with Crippen molar-refractivity contribution in [3.63, 3.8) is 0 Å². The van der Waals surface area contributed by atoms with E-state index in [0.717, 1.165) is 17.8 Å². The molecular weight excluding hydrogens is 290 g/mol. The van der Waals surface area contributed by atoms with E-state index in [2.05, 4.69) is 28.1 Å². The van der Waals surface area contributed by atoms with Crippen LogP contribution < -0.4 is 4.90 Å². The van der Waals surface area contributed by atoms with E-state index in [1.54, 1.807) is 15.6 Å². The summed E-state index contributed by atoms with van der Waals surface area (Å²) in [5.74, 6) is 0.922. The molecule has 3 aromatic rings. The highest BCUT2D eigenvalue weighted by Crippen LogP contribution is 2.35. The third kappa shape index (κ3) is 2.18. The van der Waals surface area contributed by atoms with Crippen LogP contribution in [0.2, 0.25) is 0 Å². The second-order valence-corrected chi connectivity index (χ2v) is 5.94. The van der Waals surface area contributed by atoms with Gasteiger partial charge < -0.3 is 4.90 Å². The van der Waals surface area contributed by atoms with Crippen molar-refractivity contribution in [2.45, 2.75) is 26.2 Å². The molecule has 4 rings (SSSR count). The van der Waals surface area contributed by atoms with E-state index >= 15 is 0 Å². The van der Waals surface area contributed by atoms with Crippen LogP contribution in [0.5, 0.6) is 0 Å². The van der Waals surface area contributed by atoms with Crippen molar-refractivity contribution < 1.29 is 4.79 Å². The van der Waals surface area contributed by atoms with Crippen molar-refractivity contribution in [1.29, 1.82) is 0 Å². The number of carbonyl (C=O) groups is 1. The van der Waals surface area contributed by atoms with Crippen molar-refractivity contribution >= 4 is 17.4 Å². The largest absolute Gasteiger partial charge is 0.305 e. The molecule has 6 heteroatoms. The molecule has 0 spiro atoms. The number of aryl methyl sites for hydroxylation is 1. The van der Waals surface area contributed by atoms with Gasteiger partial charge in [0, 0.05) is 24.1 Å². The van der Waals surface area contributed by atoms with Gasteiger partial charge in [-0.1, -0.05) is 25.1 Å². The Morgan fingerprint density at radius 3 is 2.91 bits per heavy atom. The number of benzene rings is 1. The number of para-hydroxylation sites is 1. The summed E-state index contributed by atoms with van der Waals surface area (Å²) >= 11 is 0. The molecule has 23 heavy (non-hydrogen) atoms. The van der Waals surface area contributed by atoms with E-state index in [-0.39, 0.29) is 11.7 Å². The third-order valence-corrected chi connectivity index (χ3v) is 4.41. The Kier molecular flexibility index (Phi) is 3.11. The van der Waals surface area contributed by atoms with Gasteiger partial charge in [0.25, 0.3) is 11.7 Å². The maximum Gasteiger partial charge on any atom is 0.298 e. The molecule has 0 saturated carbocycles. The predicted molar refractivity (Wildman–Crippen MR) is 86.7 cm³/mol. The van der Waals surface area contributed by atoms with Crippen LogP contribution in [-0.4, -0.2) is 32.0 Å². The van der Waals surface area contributed by atoms with Crippen LogP contribution in [0.25, 0.3) is 5.78 Å². The van der Waals surface area contributed by atoms with Gasteiger partial charge in [-0.3, -0.25) is 4.79 Å². The highest BCUT2D eigenvalue weighted by Gasteiger charge is 2.29. The van der Waals surface area contributed by atoms with E-state index in [4.69, 9.17) is 0 Å². The molecule has 0 aliphatic carbocycles. The van der Waals surface area contributed by atoms with E-state index < -0.39 is 0 Å². The number of hydrogen-bond acceptors (Lipinski definition) is 4. The second kappa shape index (κ2) is 5.15. The number of nitrogens with zero attached hydrogens (tertiary/aromatic N) is 5. The predicted octanol–water partition coefficient (Wildman–Crippen LogP) is 2.59. The fourth-order valence-electron chi connectivity index (χ4n) is 3.08. The first kappa shape index (κ1) is 13.9. The monoisotopic (exact) mass is 307 g/mol. The molecule has 0 saturated heterocycles. The Hall–Kier alpha value is -2.76. The zero-order valence-corrected chi connectivity index (χ0v) is 13.1. The SMILES string of the molecule is Cc1ccnc2nc(C(=O)N3CCC(C)c4ccccc43)nn12. The van der Waals surface area contributed by atoms with Gasteiger partial charge in [0.05, 0.1) is 0 Å². The average Bonchev–Trinajstić information content (AvgIpc) is 3.01. The van der Waals surface area contributed by atoms with Crippen LogP contribution in [0.3, 0.4) is 0 Å². The minimum Gasteiger partial charge on any atom is -0.305 e. The molecule has 1 aliphatic rings. The van der Waals surface area contributed by atoms with Crippen molar-refractivity contribution in [3.8, 4) is 0 Å². The van der Waals surface area contributed by atoms with Crippen LogP contribution in [0.15, 0.2) is 36.5 Å². The standard InChI is InChI=1S/C17H17N5O/c1-11-8-10-21(14-6-4-3-5-13(11)14)16(23)15-19-17-18-9-7-12(2)22(17)20-15/h3-7,9,11H,8,10H2,1-2H3. The van der Waals surface area contributed by atoms with Crippen molar-refractivity contribution in [1.82, 2.24) is 19.6 Å². The lowest BCUT2D eigenvalue weighted by Crippen LogP contribution is -2.37. The van der Waals surface area contributed by atoms with Crippen LogP contribution in [0.4, 0.5) is 5.69 Å². The molecule has 1 unspecified atom stereocenters. The zero-order chi connectivity index (χ0) is 16.0. The van der Waals surface area contributed by atoms with Crippen molar-refractivity contribution in [3.05, 3.63) is 53.6 Å².